The van der Waals surface area contributed by atoms with E-state index in [1.807, 2.05) is 7.05 Å². The Balaban J connectivity index is 2.09. The number of halogens is 1. The lowest BCUT2D eigenvalue weighted by molar-refractivity contribution is 0.151. The monoisotopic (exact) mass is 208 g/mol. The highest BCUT2D eigenvalue weighted by Crippen LogP contribution is 2.26. The molecule has 0 bridgehead atoms. The van der Waals surface area contributed by atoms with Crippen LogP contribution in [0, 0.1) is 5.82 Å². The number of anilines is 1. The van der Waals surface area contributed by atoms with Gasteiger partial charge >= 0.3 is 0 Å². The quantitative estimate of drug-likeness (QED) is 0.773. The summed E-state index contributed by atoms with van der Waals surface area (Å²) >= 11 is 0. The van der Waals surface area contributed by atoms with Gasteiger partial charge in [-0.3, -0.25) is 4.90 Å². The van der Waals surface area contributed by atoms with Gasteiger partial charge < -0.3 is 5.73 Å². The van der Waals surface area contributed by atoms with Crippen molar-refractivity contribution >= 4 is 5.69 Å². The van der Waals surface area contributed by atoms with Gasteiger partial charge in [0.1, 0.15) is 5.82 Å². The van der Waals surface area contributed by atoms with Gasteiger partial charge in [0.05, 0.1) is 0 Å². The number of nitrogens with zero attached hydrogens (tertiary/aromatic N) is 1. The largest absolute Gasteiger partial charge is 0.398 e. The lowest BCUT2D eigenvalue weighted by atomic mass is 9.91. The van der Waals surface area contributed by atoms with E-state index in [-0.39, 0.29) is 5.82 Å². The van der Waals surface area contributed by atoms with Crippen molar-refractivity contribution in [2.24, 2.45) is 0 Å². The number of nitrogens with two attached hydrogens (primary N) is 1. The second-order valence-electron chi connectivity index (χ2n) is 4.31. The van der Waals surface area contributed by atoms with Crippen LogP contribution in [-0.2, 0) is 6.54 Å². The van der Waals surface area contributed by atoms with Crippen LogP contribution in [-0.4, -0.2) is 18.0 Å². The Bertz CT molecular complexity index is 327. The highest BCUT2D eigenvalue weighted by atomic mass is 19.1. The molecule has 0 amide bonds. The van der Waals surface area contributed by atoms with Gasteiger partial charge in [0.25, 0.3) is 0 Å². The molecule has 15 heavy (non-hydrogen) atoms. The maximum absolute atomic E-state index is 13.5. The van der Waals surface area contributed by atoms with Crippen LogP contribution in [0.3, 0.4) is 0 Å². The fraction of sp³-hybridized carbons (Fsp3) is 0.500. The van der Waals surface area contributed by atoms with Gasteiger partial charge in [-0.25, -0.2) is 4.39 Å². The molecular weight excluding hydrogens is 191 g/mol. The topological polar surface area (TPSA) is 29.3 Å². The fourth-order valence-electron chi connectivity index (χ4n) is 1.95. The molecule has 1 aliphatic carbocycles. The van der Waals surface area contributed by atoms with E-state index >= 15 is 0 Å². The molecule has 0 aromatic heterocycles. The Morgan fingerprint density at radius 2 is 2.20 bits per heavy atom. The highest BCUT2D eigenvalue weighted by Gasteiger charge is 2.23. The molecule has 1 aromatic carbocycles. The number of hydrogen-bond donors (Lipinski definition) is 1. The van der Waals surface area contributed by atoms with Crippen molar-refractivity contribution in [3.8, 4) is 0 Å². The zero-order valence-electron chi connectivity index (χ0n) is 9.04. The molecule has 0 unspecified atom stereocenters. The summed E-state index contributed by atoms with van der Waals surface area (Å²) in [5.74, 6) is -0.193. The average Bonchev–Trinajstić information content (AvgIpc) is 2.08. The number of nitrogen functional groups attached to an aromatic ring is 1. The van der Waals surface area contributed by atoms with E-state index in [4.69, 9.17) is 5.73 Å². The Hall–Kier alpha value is -1.09. The molecule has 3 heteroatoms. The van der Waals surface area contributed by atoms with Crippen molar-refractivity contribution in [1.29, 1.82) is 0 Å². The van der Waals surface area contributed by atoms with Crippen molar-refractivity contribution in [1.82, 2.24) is 4.90 Å². The third-order valence-corrected chi connectivity index (χ3v) is 3.26. The lowest BCUT2D eigenvalue weighted by Gasteiger charge is -2.35. The highest BCUT2D eigenvalue weighted by molar-refractivity contribution is 5.47. The summed E-state index contributed by atoms with van der Waals surface area (Å²) in [6.45, 7) is 0.614. The maximum Gasteiger partial charge on any atom is 0.129 e. The third kappa shape index (κ3) is 2.12. The standard InChI is InChI=1S/C12H17FN2/c1-15(9-4-2-5-9)8-10-11(13)6-3-7-12(10)14/h3,6-7,9H,2,4-5,8,14H2,1H3. The summed E-state index contributed by atoms with van der Waals surface area (Å²) in [5, 5.41) is 0. The van der Waals surface area contributed by atoms with Crippen LogP contribution in [0.2, 0.25) is 0 Å². The van der Waals surface area contributed by atoms with Crippen molar-refractivity contribution in [2.75, 3.05) is 12.8 Å². The maximum atomic E-state index is 13.5. The van der Waals surface area contributed by atoms with Crippen LogP contribution >= 0.6 is 0 Å². The number of benzene rings is 1. The fourth-order valence-corrected chi connectivity index (χ4v) is 1.95. The summed E-state index contributed by atoms with van der Waals surface area (Å²) in [6.07, 6.45) is 3.75. The molecule has 2 rings (SSSR count). The van der Waals surface area contributed by atoms with Crippen LogP contribution in [0.5, 0.6) is 0 Å². The van der Waals surface area contributed by atoms with E-state index < -0.39 is 0 Å². The zero-order valence-corrected chi connectivity index (χ0v) is 9.04. The van der Waals surface area contributed by atoms with Gasteiger partial charge in [-0.05, 0) is 32.0 Å². The molecule has 82 valence electrons. The zero-order chi connectivity index (χ0) is 10.8. The van der Waals surface area contributed by atoms with E-state index in [1.54, 1.807) is 12.1 Å². The molecule has 0 saturated heterocycles. The summed E-state index contributed by atoms with van der Waals surface area (Å²) in [4.78, 5) is 2.19. The molecular formula is C12H17FN2. The Labute approximate surface area is 89.9 Å². The summed E-state index contributed by atoms with van der Waals surface area (Å²) in [7, 11) is 2.04. The Morgan fingerprint density at radius 1 is 1.47 bits per heavy atom. The molecule has 0 atom stereocenters. The van der Waals surface area contributed by atoms with E-state index in [1.165, 1.54) is 25.3 Å². The molecule has 1 fully saturated rings. The number of hydrogen-bond acceptors (Lipinski definition) is 2. The van der Waals surface area contributed by atoms with Gasteiger partial charge in [0.2, 0.25) is 0 Å². The summed E-state index contributed by atoms with van der Waals surface area (Å²) in [6, 6.07) is 5.49. The number of rotatable bonds is 3. The molecule has 2 nitrogen and oxygen atoms in total. The van der Waals surface area contributed by atoms with Crippen molar-refractivity contribution in [3.05, 3.63) is 29.6 Å². The molecule has 2 N–H and O–H groups in total. The van der Waals surface area contributed by atoms with Gasteiger partial charge in [0, 0.05) is 23.8 Å². The van der Waals surface area contributed by atoms with Crippen LogP contribution in [0.15, 0.2) is 18.2 Å². The molecule has 0 spiro atoms. The van der Waals surface area contributed by atoms with E-state index in [0.29, 0.717) is 23.8 Å². The van der Waals surface area contributed by atoms with Gasteiger partial charge in [-0.15, -0.1) is 0 Å². The summed E-state index contributed by atoms with van der Waals surface area (Å²) in [5.41, 5.74) is 6.95. The van der Waals surface area contributed by atoms with Crippen molar-refractivity contribution in [2.45, 2.75) is 31.8 Å². The first-order valence-corrected chi connectivity index (χ1v) is 5.41. The molecule has 1 aromatic rings. The Morgan fingerprint density at radius 3 is 2.73 bits per heavy atom. The average molecular weight is 208 g/mol. The van der Waals surface area contributed by atoms with E-state index in [9.17, 15) is 4.39 Å². The lowest BCUT2D eigenvalue weighted by Crippen LogP contribution is -2.36. The first-order valence-electron chi connectivity index (χ1n) is 5.41. The van der Waals surface area contributed by atoms with Crippen molar-refractivity contribution in [3.63, 3.8) is 0 Å². The van der Waals surface area contributed by atoms with Crippen LogP contribution in [0.1, 0.15) is 24.8 Å². The predicted octanol–water partition coefficient (Wildman–Crippen LogP) is 2.39. The molecule has 1 saturated carbocycles. The second-order valence-corrected chi connectivity index (χ2v) is 4.31. The molecule has 0 radical (unpaired) electrons. The predicted molar refractivity (Wildman–Crippen MR) is 59.9 cm³/mol. The minimum Gasteiger partial charge on any atom is -0.398 e. The normalized spacial score (nSPS) is 16.7. The van der Waals surface area contributed by atoms with Crippen molar-refractivity contribution < 1.29 is 4.39 Å². The summed E-state index contributed by atoms with van der Waals surface area (Å²) < 4.78 is 13.5. The van der Waals surface area contributed by atoms with E-state index in [0.717, 1.165) is 0 Å². The minimum atomic E-state index is -0.193. The van der Waals surface area contributed by atoms with Crippen LogP contribution < -0.4 is 5.73 Å². The Kier molecular flexibility index (Phi) is 2.91. The van der Waals surface area contributed by atoms with Gasteiger partial charge in [0.15, 0.2) is 0 Å². The molecule has 1 aliphatic rings. The van der Waals surface area contributed by atoms with Gasteiger partial charge in [-0.2, -0.15) is 0 Å². The molecule has 0 heterocycles. The van der Waals surface area contributed by atoms with E-state index in [2.05, 4.69) is 4.90 Å². The van der Waals surface area contributed by atoms with Gasteiger partial charge in [-0.1, -0.05) is 12.5 Å². The minimum absolute atomic E-state index is 0.193. The first-order chi connectivity index (χ1) is 7.18. The third-order valence-electron chi connectivity index (χ3n) is 3.26. The smallest absolute Gasteiger partial charge is 0.129 e. The second kappa shape index (κ2) is 4.19. The SMILES string of the molecule is CN(Cc1c(N)cccc1F)C1CCC1. The van der Waals surface area contributed by atoms with Crippen LogP contribution in [0.4, 0.5) is 10.1 Å². The molecule has 0 aliphatic heterocycles. The van der Waals surface area contributed by atoms with Crippen LogP contribution in [0.25, 0.3) is 0 Å². The first kappa shape index (κ1) is 10.4.